The Hall–Kier alpha value is -1.79. The maximum Gasteiger partial charge on any atom is 0.337 e. The topological polar surface area (TPSA) is 93.8 Å². The lowest BCUT2D eigenvalue weighted by Crippen LogP contribution is -2.25. The highest BCUT2D eigenvalue weighted by Gasteiger charge is 2.15. The Labute approximate surface area is 106 Å². The van der Waals surface area contributed by atoms with Gasteiger partial charge in [-0.1, -0.05) is 6.07 Å². The zero-order valence-electron chi connectivity index (χ0n) is 10.7. The van der Waals surface area contributed by atoms with E-state index in [-0.39, 0.29) is 5.56 Å². The van der Waals surface area contributed by atoms with Gasteiger partial charge < -0.3 is 25.6 Å². The molecule has 0 unspecified atom stereocenters. The predicted molar refractivity (Wildman–Crippen MR) is 68.8 cm³/mol. The third-order valence-corrected chi connectivity index (χ3v) is 2.67. The van der Waals surface area contributed by atoms with Crippen molar-refractivity contribution >= 4 is 17.3 Å². The molecule has 100 valence electrons. The molecule has 6 nitrogen and oxygen atoms in total. The molecule has 0 radical (unpaired) electrons. The molecule has 1 rings (SSSR count). The van der Waals surface area contributed by atoms with Crippen LogP contribution >= 0.6 is 0 Å². The molecule has 0 aliphatic heterocycles. The Morgan fingerprint density at radius 1 is 1.44 bits per heavy atom. The number of aryl methyl sites for hydroxylation is 1. The van der Waals surface area contributed by atoms with Crippen molar-refractivity contribution in [3.8, 4) is 0 Å². The van der Waals surface area contributed by atoms with Crippen LogP contribution in [0.3, 0.4) is 0 Å². The SMILES string of the molecule is COC(CNc1c(C(=O)O)ccc(C)c1N)OC. The molecule has 0 spiro atoms. The smallest absolute Gasteiger partial charge is 0.337 e. The van der Waals surface area contributed by atoms with E-state index >= 15 is 0 Å². The van der Waals surface area contributed by atoms with Gasteiger partial charge in [-0.2, -0.15) is 0 Å². The summed E-state index contributed by atoms with van der Waals surface area (Å²) in [6.07, 6.45) is -0.466. The first-order valence-electron chi connectivity index (χ1n) is 5.43. The number of carboxylic acid groups (broad SMARTS) is 1. The van der Waals surface area contributed by atoms with Crippen LogP contribution in [-0.4, -0.2) is 38.1 Å². The molecule has 0 aliphatic rings. The number of methoxy groups -OCH3 is 2. The van der Waals surface area contributed by atoms with E-state index in [0.29, 0.717) is 17.9 Å². The number of benzene rings is 1. The lowest BCUT2D eigenvalue weighted by atomic mass is 10.1. The van der Waals surface area contributed by atoms with Crippen LogP contribution in [0.1, 0.15) is 15.9 Å². The molecule has 0 heterocycles. The second-order valence-corrected chi connectivity index (χ2v) is 3.81. The standard InChI is InChI=1S/C12H18N2O4/c1-7-4-5-8(12(15)16)11(10(7)13)14-6-9(17-2)18-3/h4-5,9,14H,6,13H2,1-3H3,(H,15,16). The molecule has 0 atom stereocenters. The van der Waals surface area contributed by atoms with Crippen molar-refractivity contribution in [2.45, 2.75) is 13.2 Å². The first-order valence-corrected chi connectivity index (χ1v) is 5.43. The summed E-state index contributed by atoms with van der Waals surface area (Å²) in [5.74, 6) is -1.03. The molecular weight excluding hydrogens is 236 g/mol. The summed E-state index contributed by atoms with van der Waals surface area (Å²) in [6.45, 7) is 2.12. The molecule has 0 aliphatic carbocycles. The van der Waals surface area contributed by atoms with Gasteiger partial charge in [-0.3, -0.25) is 0 Å². The average Bonchev–Trinajstić information content (AvgIpc) is 2.35. The van der Waals surface area contributed by atoms with E-state index in [9.17, 15) is 4.79 Å². The number of anilines is 2. The van der Waals surface area contributed by atoms with Gasteiger partial charge in [0, 0.05) is 14.2 Å². The van der Waals surface area contributed by atoms with Crippen molar-refractivity contribution in [3.63, 3.8) is 0 Å². The van der Waals surface area contributed by atoms with Gasteiger partial charge in [0.05, 0.1) is 23.5 Å². The van der Waals surface area contributed by atoms with Gasteiger partial charge in [-0.05, 0) is 18.6 Å². The predicted octanol–water partition coefficient (Wildman–Crippen LogP) is 1.31. The van der Waals surface area contributed by atoms with E-state index < -0.39 is 12.3 Å². The number of carboxylic acids is 1. The second kappa shape index (κ2) is 6.23. The first-order chi connectivity index (χ1) is 8.51. The van der Waals surface area contributed by atoms with Crippen LogP contribution in [0.2, 0.25) is 0 Å². The van der Waals surface area contributed by atoms with Crippen LogP contribution < -0.4 is 11.1 Å². The van der Waals surface area contributed by atoms with Gasteiger partial charge in [-0.25, -0.2) is 4.79 Å². The van der Waals surface area contributed by atoms with Crippen molar-refractivity contribution in [1.82, 2.24) is 0 Å². The molecular formula is C12H18N2O4. The lowest BCUT2D eigenvalue weighted by molar-refractivity contribution is -0.0914. The third kappa shape index (κ3) is 3.12. The number of aromatic carboxylic acids is 1. The Kier molecular flexibility index (Phi) is 4.94. The number of hydrogen-bond donors (Lipinski definition) is 3. The maximum absolute atomic E-state index is 11.1. The van der Waals surface area contributed by atoms with Crippen LogP contribution in [0.25, 0.3) is 0 Å². The molecule has 0 fully saturated rings. The molecule has 0 saturated carbocycles. The fraction of sp³-hybridized carbons (Fsp3) is 0.417. The zero-order valence-corrected chi connectivity index (χ0v) is 10.7. The number of ether oxygens (including phenoxy) is 2. The van der Waals surface area contributed by atoms with Gasteiger partial charge in [0.15, 0.2) is 6.29 Å². The van der Waals surface area contributed by atoms with Crippen LogP contribution in [-0.2, 0) is 9.47 Å². The number of carbonyl (C=O) groups is 1. The molecule has 0 bridgehead atoms. The zero-order chi connectivity index (χ0) is 13.7. The number of rotatable bonds is 6. The summed E-state index contributed by atoms with van der Waals surface area (Å²) in [4.78, 5) is 11.1. The van der Waals surface area contributed by atoms with Crippen LogP contribution in [0, 0.1) is 6.92 Å². The number of nitrogen functional groups attached to an aromatic ring is 1. The number of hydrogen-bond acceptors (Lipinski definition) is 5. The van der Waals surface area contributed by atoms with E-state index in [1.807, 2.05) is 6.92 Å². The van der Waals surface area contributed by atoms with Crippen LogP contribution in [0.5, 0.6) is 0 Å². The Morgan fingerprint density at radius 3 is 2.56 bits per heavy atom. The van der Waals surface area contributed by atoms with E-state index in [0.717, 1.165) is 5.56 Å². The van der Waals surface area contributed by atoms with Gasteiger partial charge in [0.1, 0.15) is 0 Å². The van der Waals surface area contributed by atoms with E-state index in [1.54, 1.807) is 6.07 Å². The summed E-state index contributed by atoms with van der Waals surface area (Å²) in [5, 5.41) is 12.1. The van der Waals surface area contributed by atoms with E-state index in [1.165, 1.54) is 20.3 Å². The van der Waals surface area contributed by atoms with Crippen LogP contribution in [0.4, 0.5) is 11.4 Å². The molecule has 6 heteroatoms. The minimum Gasteiger partial charge on any atom is -0.478 e. The minimum atomic E-state index is -1.03. The number of nitrogens with two attached hydrogens (primary N) is 1. The second-order valence-electron chi connectivity index (χ2n) is 3.81. The van der Waals surface area contributed by atoms with Gasteiger partial charge in [0.2, 0.25) is 0 Å². The van der Waals surface area contributed by atoms with Crippen molar-refractivity contribution in [2.75, 3.05) is 31.8 Å². The van der Waals surface area contributed by atoms with Crippen molar-refractivity contribution in [1.29, 1.82) is 0 Å². The fourth-order valence-corrected chi connectivity index (χ4v) is 1.54. The summed E-state index contributed by atoms with van der Waals surface area (Å²) >= 11 is 0. The molecule has 1 aromatic carbocycles. The molecule has 0 amide bonds. The van der Waals surface area contributed by atoms with E-state index in [4.69, 9.17) is 20.3 Å². The number of nitrogens with one attached hydrogen (secondary N) is 1. The highest BCUT2D eigenvalue weighted by Crippen LogP contribution is 2.27. The maximum atomic E-state index is 11.1. The van der Waals surface area contributed by atoms with Crippen molar-refractivity contribution < 1.29 is 19.4 Å². The Morgan fingerprint density at radius 2 is 2.06 bits per heavy atom. The molecule has 4 N–H and O–H groups in total. The molecule has 0 saturated heterocycles. The van der Waals surface area contributed by atoms with Gasteiger partial charge in [0.25, 0.3) is 0 Å². The molecule has 1 aromatic rings. The third-order valence-electron chi connectivity index (χ3n) is 2.67. The largest absolute Gasteiger partial charge is 0.478 e. The summed E-state index contributed by atoms with van der Waals surface area (Å²) in [5.41, 5.74) is 7.63. The summed E-state index contributed by atoms with van der Waals surface area (Å²) in [6, 6.07) is 3.19. The van der Waals surface area contributed by atoms with Gasteiger partial charge in [-0.15, -0.1) is 0 Å². The highest BCUT2D eigenvalue weighted by molar-refractivity contribution is 5.98. The summed E-state index contributed by atoms with van der Waals surface area (Å²) in [7, 11) is 3.01. The first kappa shape index (κ1) is 14.3. The highest BCUT2D eigenvalue weighted by atomic mass is 16.7. The van der Waals surface area contributed by atoms with Crippen LogP contribution in [0.15, 0.2) is 12.1 Å². The Balaban J connectivity index is 2.98. The monoisotopic (exact) mass is 254 g/mol. The van der Waals surface area contributed by atoms with Gasteiger partial charge >= 0.3 is 5.97 Å². The molecule has 18 heavy (non-hydrogen) atoms. The van der Waals surface area contributed by atoms with Crippen molar-refractivity contribution in [3.05, 3.63) is 23.3 Å². The van der Waals surface area contributed by atoms with Crippen molar-refractivity contribution in [2.24, 2.45) is 0 Å². The Bertz CT molecular complexity index is 430. The minimum absolute atomic E-state index is 0.129. The normalized spacial score (nSPS) is 10.7. The fourth-order valence-electron chi connectivity index (χ4n) is 1.54. The quantitative estimate of drug-likeness (QED) is 0.523. The van der Waals surface area contributed by atoms with E-state index in [2.05, 4.69) is 5.32 Å². The molecule has 0 aromatic heterocycles. The average molecular weight is 254 g/mol. The summed E-state index contributed by atoms with van der Waals surface area (Å²) < 4.78 is 10.0. The lowest BCUT2D eigenvalue weighted by Gasteiger charge is -2.18.